The fourth-order valence-corrected chi connectivity index (χ4v) is 7.71. The zero-order chi connectivity index (χ0) is 43.4. The molecule has 20 nitrogen and oxygen atoms in total. The Hall–Kier alpha value is -6.06. The van der Waals surface area contributed by atoms with Crippen molar-refractivity contribution in [3.8, 4) is 45.6 Å². The van der Waals surface area contributed by atoms with E-state index in [1.54, 1.807) is 0 Å². The zero-order valence-corrected chi connectivity index (χ0v) is 33.3. The van der Waals surface area contributed by atoms with Gasteiger partial charge in [0.25, 0.3) is 40.5 Å². The lowest BCUT2D eigenvalue weighted by atomic mass is 9.84. The van der Waals surface area contributed by atoms with Gasteiger partial charge >= 0.3 is 0 Å². The summed E-state index contributed by atoms with van der Waals surface area (Å²) in [6.45, 7) is 0. The second-order valence-electron chi connectivity index (χ2n) is 13.0. The lowest BCUT2D eigenvalue weighted by Crippen LogP contribution is -2.52. The molecule has 0 fully saturated rings. The first-order valence-corrected chi connectivity index (χ1v) is 22.6. The number of nitrogens with zero attached hydrogens (tertiary/aromatic N) is 6. The van der Waals surface area contributed by atoms with Crippen LogP contribution >= 0.6 is 0 Å². The van der Waals surface area contributed by atoms with Gasteiger partial charge in [0, 0.05) is 27.8 Å². The molecule has 0 amide bonds. The Morgan fingerprint density at radius 3 is 0.967 bits per heavy atom. The summed E-state index contributed by atoms with van der Waals surface area (Å²) >= 11 is 0. The van der Waals surface area contributed by atoms with Gasteiger partial charge in [0.05, 0.1) is 25.6 Å². The first-order chi connectivity index (χ1) is 28.0. The number of nitrogens with two attached hydrogens (primary N) is 2. The third-order valence-electron chi connectivity index (χ3n) is 9.01. The van der Waals surface area contributed by atoms with E-state index in [1.807, 2.05) is 0 Å². The predicted molar refractivity (Wildman–Crippen MR) is 212 cm³/mol. The second-order valence-corrected chi connectivity index (χ2v) is 18.7. The first-order valence-electron chi connectivity index (χ1n) is 16.8. The van der Waals surface area contributed by atoms with Crippen LogP contribution in [0.5, 0.6) is 0 Å². The molecule has 60 heavy (non-hydrogen) atoms. The zero-order valence-electron chi connectivity index (χ0n) is 30.1. The van der Waals surface area contributed by atoms with E-state index in [0.29, 0.717) is 16.7 Å². The summed E-state index contributed by atoms with van der Waals surface area (Å²) in [6.07, 6.45) is 4.47. The Morgan fingerprint density at radius 2 is 0.700 bits per heavy atom. The maximum absolute atomic E-state index is 11.7. The van der Waals surface area contributed by atoms with Crippen LogP contribution in [0.1, 0.15) is 11.6 Å². The molecule has 7 rings (SSSR count). The van der Waals surface area contributed by atoms with Gasteiger partial charge in [-0.1, -0.05) is 18.2 Å². The summed E-state index contributed by atoms with van der Waals surface area (Å²) in [5.41, 5.74) is 13.4. The average molecular weight is 893 g/mol. The molecule has 1 aliphatic rings. The van der Waals surface area contributed by atoms with E-state index in [9.17, 15) is 51.9 Å². The van der Waals surface area contributed by atoms with E-state index in [0.717, 1.165) is 48.5 Å². The maximum Gasteiger partial charge on any atom is 0.294 e. The highest BCUT2D eigenvalue weighted by molar-refractivity contribution is 7.86. The average Bonchev–Trinajstić information content (AvgIpc) is 3.20. The Balaban J connectivity index is 1.32. The van der Waals surface area contributed by atoms with Crippen molar-refractivity contribution >= 4 is 46.0 Å². The Bertz CT molecular complexity index is 3020. The molecular weight excluding hydrogens is 865 g/mol. The highest BCUT2D eigenvalue weighted by Crippen LogP contribution is 2.33. The van der Waals surface area contributed by atoms with Gasteiger partial charge in [0.2, 0.25) is 0 Å². The van der Waals surface area contributed by atoms with Crippen molar-refractivity contribution in [1.82, 2.24) is 29.9 Å². The van der Waals surface area contributed by atoms with Crippen LogP contribution in [0.25, 0.3) is 51.1 Å². The fourth-order valence-electron chi connectivity index (χ4n) is 5.79. The van der Waals surface area contributed by atoms with Gasteiger partial charge in [0.15, 0.2) is 34.9 Å². The van der Waals surface area contributed by atoms with Crippen LogP contribution in [-0.4, -0.2) is 87.8 Å². The van der Waals surface area contributed by atoms with E-state index < -0.39 is 61.8 Å². The number of rotatable bonds is 10. The van der Waals surface area contributed by atoms with Crippen molar-refractivity contribution in [1.29, 1.82) is 0 Å². The summed E-state index contributed by atoms with van der Waals surface area (Å²) in [4.78, 5) is 25.6. The van der Waals surface area contributed by atoms with Crippen LogP contribution in [-0.2, 0) is 46.0 Å². The smallest absolute Gasteiger partial charge is 0.294 e. The van der Waals surface area contributed by atoms with E-state index in [1.165, 1.54) is 66.8 Å². The van der Waals surface area contributed by atoms with Gasteiger partial charge in [-0.2, -0.15) is 33.7 Å². The predicted octanol–water partition coefficient (Wildman–Crippen LogP) is 2.85. The highest BCUT2D eigenvalue weighted by atomic mass is 32.2. The Labute approximate surface area is 341 Å². The molecule has 0 aliphatic heterocycles. The molecule has 2 heterocycles. The highest BCUT2D eigenvalue weighted by Gasteiger charge is 2.38. The van der Waals surface area contributed by atoms with Crippen molar-refractivity contribution in [3.63, 3.8) is 0 Å². The lowest BCUT2D eigenvalue weighted by Gasteiger charge is -2.32. The van der Waals surface area contributed by atoms with Crippen LogP contribution in [0.2, 0.25) is 0 Å². The molecule has 2 unspecified atom stereocenters. The largest absolute Gasteiger partial charge is 0.322 e. The third kappa shape index (κ3) is 8.77. The molecule has 0 bridgehead atoms. The van der Waals surface area contributed by atoms with Gasteiger partial charge < -0.3 is 11.5 Å². The molecule has 0 spiro atoms. The monoisotopic (exact) mass is 892 g/mol. The molecule has 24 heteroatoms. The van der Waals surface area contributed by atoms with Crippen LogP contribution in [0.4, 0.5) is 0 Å². The van der Waals surface area contributed by atoms with Gasteiger partial charge in [-0.25, -0.2) is 29.9 Å². The van der Waals surface area contributed by atoms with Crippen molar-refractivity contribution in [2.24, 2.45) is 11.5 Å². The van der Waals surface area contributed by atoms with Crippen molar-refractivity contribution in [2.75, 3.05) is 0 Å². The molecular formula is C36H28N8O12S4. The van der Waals surface area contributed by atoms with Gasteiger partial charge in [-0.05, 0) is 97.1 Å². The topological polar surface area (TPSA) is 347 Å². The standard InChI is InChI=1S/C36H28N8O12S4/c37-29-19-24(34-40-30(20-1-9-25(10-2-20)57(45,46)47)39-31(41-34)21-3-11-26(12-4-21)58(48,49)50)17-18-36(29,38)35-43-32(22-5-13-27(14-6-22)59(51,52)53)42-33(44-35)23-7-15-28(16-8-23)60(54,55)56/h1-19,29H,37-38H2,(H,45,46,47)(H,48,49,50)(H,51,52,53)(H,54,55,56). The van der Waals surface area contributed by atoms with Crippen molar-refractivity contribution in [2.45, 2.75) is 31.2 Å². The molecule has 2 aromatic heterocycles. The summed E-state index contributed by atoms with van der Waals surface area (Å²) in [5, 5.41) is 0. The minimum absolute atomic E-state index is 0.0231. The lowest BCUT2D eigenvalue weighted by molar-refractivity contribution is 0.463. The van der Waals surface area contributed by atoms with E-state index in [4.69, 9.17) is 11.5 Å². The molecule has 4 aromatic carbocycles. The minimum atomic E-state index is -4.54. The second kappa shape index (κ2) is 15.2. The fraction of sp³-hybridized carbons (Fsp3) is 0.0556. The van der Waals surface area contributed by atoms with Crippen LogP contribution in [0.15, 0.2) is 135 Å². The molecule has 0 saturated heterocycles. The number of hydrogen-bond donors (Lipinski definition) is 6. The normalized spacial score (nSPS) is 17.3. The number of benzene rings is 4. The van der Waals surface area contributed by atoms with E-state index >= 15 is 0 Å². The molecule has 308 valence electrons. The Kier molecular flexibility index (Phi) is 10.7. The molecule has 0 saturated carbocycles. The van der Waals surface area contributed by atoms with Gasteiger partial charge in [-0.3, -0.25) is 18.2 Å². The molecule has 0 radical (unpaired) electrons. The van der Waals surface area contributed by atoms with Gasteiger partial charge in [-0.15, -0.1) is 0 Å². The maximum atomic E-state index is 11.7. The molecule has 1 aliphatic carbocycles. The van der Waals surface area contributed by atoms with Crippen molar-refractivity contribution in [3.05, 3.63) is 127 Å². The quantitative estimate of drug-likeness (QED) is 0.108. The van der Waals surface area contributed by atoms with E-state index in [-0.39, 0.29) is 55.9 Å². The Morgan fingerprint density at radius 1 is 0.433 bits per heavy atom. The summed E-state index contributed by atoms with van der Waals surface area (Å²) in [6, 6.07) is 18.6. The summed E-state index contributed by atoms with van der Waals surface area (Å²) in [7, 11) is -18.1. The number of hydrogen-bond acceptors (Lipinski definition) is 16. The minimum Gasteiger partial charge on any atom is -0.322 e. The first kappa shape index (κ1) is 42.1. The van der Waals surface area contributed by atoms with Crippen molar-refractivity contribution < 1.29 is 51.9 Å². The van der Waals surface area contributed by atoms with Crippen LogP contribution in [0.3, 0.4) is 0 Å². The number of allylic oxidation sites excluding steroid dienone is 2. The van der Waals surface area contributed by atoms with E-state index in [2.05, 4.69) is 29.9 Å². The summed E-state index contributed by atoms with van der Waals surface area (Å²) in [5.74, 6) is -0.0825. The molecule has 2 atom stereocenters. The molecule has 6 aromatic rings. The van der Waals surface area contributed by atoms with Gasteiger partial charge in [0.1, 0.15) is 5.54 Å². The number of aromatic nitrogens is 6. The molecule has 8 N–H and O–H groups in total. The van der Waals surface area contributed by atoms with Crippen LogP contribution in [0, 0.1) is 0 Å². The SMILES string of the molecule is NC1C=C(c2nc(-c3ccc(S(=O)(=O)O)cc3)nc(-c3ccc(S(=O)(=O)O)cc3)n2)C=CC1(N)c1nc(-c2ccc(S(=O)(=O)O)cc2)nc(-c2ccc(S(=O)(=O)O)cc2)n1. The summed E-state index contributed by atoms with van der Waals surface area (Å²) < 4.78 is 131. The third-order valence-corrected chi connectivity index (χ3v) is 12.5. The van der Waals surface area contributed by atoms with Crippen LogP contribution < -0.4 is 11.5 Å².